The number of pyridine rings is 1. The van der Waals surface area contributed by atoms with Crippen molar-refractivity contribution < 1.29 is 0 Å². The van der Waals surface area contributed by atoms with Gasteiger partial charge in [0.2, 0.25) is 0 Å². The Morgan fingerprint density at radius 2 is 1.82 bits per heavy atom. The molecule has 1 heterocycles. The number of benzene rings is 1. The predicted octanol–water partition coefficient (Wildman–Crippen LogP) is 4.59. The smallest absolute Gasteiger partial charge is 0.0454 e. The maximum absolute atomic E-state index is 4.82. The molecule has 1 aliphatic rings. The molecular weight excluding hydrogens is 206 g/mol. The largest absolute Gasteiger partial charge is 0.257 e. The van der Waals surface area contributed by atoms with Crippen LogP contribution in [0.25, 0.3) is 10.8 Å². The first-order valence-corrected chi connectivity index (χ1v) is 6.71. The lowest BCUT2D eigenvalue weighted by atomic mass is 9.86. The molecule has 1 nitrogen and oxygen atoms in total. The Morgan fingerprint density at radius 3 is 2.65 bits per heavy atom. The van der Waals surface area contributed by atoms with Crippen LogP contribution in [0, 0.1) is 6.92 Å². The van der Waals surface area contributed by atoms with Crippen LogP contribution in [0.1, 0.15) is 49.4 Å². The average Bonchev–Trinajstić information content (AvgIpc) is 2.40. The molecule has 3 rings (SSSR count). The Bertz CT molecular complexity index is 524. The van der Waals surface area contributed by atoms with E-state index in [0.717, 1.165) is 0 Å². The lowest BCUT2D eigenvalue weighted by Gasteiger charge is -2.21. The molecule has 0 amide bonds. The first-order valence-electron chi connectivity index (χ1n) is 6.71. The van der Waals surface area contributed by atoms with Crippen molar-refractivity contribution in [1.82, 2.24) is 4.98 Å². The molecule has 1 aliphatic carbocycles. The van der Waals surface area contributed by atoms with Gasteiger partial charge in [-0.3, -0.25) is 4.98 Å². The fourth-order valence-electron chi connectivity index (χ4n) is 3.01. The van der Waals surface area contributed by atoms with Crippen molar-refractivity contribution in [1.29, 1.82) is 0 Å². The molecule has 0 unspecified atom stereocenters. The molecule has 88 valence electrons. The summed E-state index contributed by atoms with van der Waals surface area (Å²) >= 11 is 0. The van der Waals surface area contributed by atoms with Crippen LogP contribution in [0.5, 0.6) is 0 Å². The molecule has 0 atom stereocenters. The van der Waals surface area contributed by atoms with Crippen LogP contribution in [0.2, 0.25) is 0 Å². The quantitative estimate of drug-likeness (QED) is 0.691. The molecule has 0 N–H and O–H groups in total. The number of nitrogens with zero attached hydrogens (tertiary/aromatic N) is 1. The van der Waals surface area contributed by atoms with Crippen molar-refractivity contribution in [3.05, 3.63) is 41.7 Å². The summed E-state index contributed by atoms with van der Waals surface area (Å²) in [4.78, 5) is 4.82. The Labute approximate surface area is 103 Å². The van der Waals surface area contributed by atoms with E-state index in [1.165, 1.54) is 54.3 Å². The normalized spacial score (nSPS) is 17.5. The fourth-order valence-corrected chi connectivity index (χ4v) is 3.01. The average molecular weight is 225 g/mol. The Balaban J connectivity index is 2.05. The molecule has 1 fully saturated rings. The van der Waals surface area contributed by atoms with Crippen LogP contribution in [-0.2, 0) is 0 Å². The summed E-state index contributed by atoms with van der Waals surface area (Å²) in [5, 5.41) is 2.65. The molecular formula is C16H19N. The molecule has 0 aliphatic heterocycles. The summed E-state index contributed by atoms with van der Waals surface area (Å²) in [6, 6.07) is 10.9. The van der Waals surface area contributed by atoms with Crippen molar-refractivity contribution in [2.45, 2.75) is 44.9 Å². The van der Waals surface area contributed by atoms with Gasteiger partial charge < -0.3 is 0 Å². The topological polar surface area (TPSA) is 12.9 Å². The van der Waals surface area contributed by atoms with Crippen molar-refractivity contribution >= 4 is 10.8 Å². The van der Waals surface area contributed by atoms with Crippen LogP contribution in [0.3, 0.4) is 0 Å². The SMILES string of the molecule is Cc1nc(C2CCCCC2)cc2ccccc12. The maximum atomic E-state index is 4.82. The van der Waals surface area contributed by atoms with Crippen LogP contribution < -0.4 is 0 Å². The van der Waals surface area contributed by atoms with Gasteiger partial charge in [-0.15, -0.1) is 0 Å². The lowest BCUT2D eigenvalue weighted by Crippen LogP contribution is -2.07. The van der Waals surface area contributed by atoms with E-state index in [4.69, 9.17) is 4.98 Å². The molecule has 0 saturated heterocycles. The minimum Gasteiger partial charge on any atom is -0.257 e. The molecule has 2 aromatic rings. The predicted molar refractivity (Wildman–Crippen MR) is 72.3 cm³/mol. The highest BCUT2D eigenvalue weighted by molar-refractivity contribution is 5.84. The Morgan fingerprint density at radius 1 is 1.06 bits per heavy atom. The Kier molecular flexibility index (Phi) is 2.84. The van der Waals surface area contributed by atoms with Crippen molar-refractivity contribution in [3.63, 3.8) is 0 Å². The molecule has 0 radical (unpaired) electrons. The molecule has 1 aromatic carbocycles. The summed E-state index contributed by atoms with van der Waals surface area (Å²) in [7, 11) is 0. The minimum absolute atomic E-state index is 0.701. The number of aromatic nitrogens is 1. The number of fused-ring (bicyclic) bond motifs is 1. The third kappa shape index (κ3) is 2.06. The van der Waals surface area contributed by atoms with E-state index in [1.807, 2.05) is 0 Å². The highest BCUT2D eigenvalue weighted by Gasteiger charge is 2.17. The molecule has 17 heavy (non-hydrogen) atoms. The first-order chi connectivity index (χ1) is 8.34. The van der Waals surface area contributed by atoms with Gasteiger partial charge in [-0.2, -0.15) is 0 Å². The fraction of sp³-hybridized carbons (Fsp3) is 0.438. The minimum atomic E-state index is 0.701. The van der Waals surface area contributed by atoms with Crippen LogP contribution >= 0.6 is 0 Å². The second-order valence-corrected chi connectivity index (χ2v) is 5.19. The first kappa shape index (κ1) is 10.8. The Hall–Kier alpha value is -1.37. The van der Waals surface area contributed by atoms with Crippen LogP contribution in [-0.4, -0.2) is 4.98 Å². The number of hydrogen-bond acceptors (Lipinski definition) is 1. The summed E-state index contributed by atoms with van der Waals surface area (Å²) in [6.07, 6.45) is 6.80. The van der Waals surface area contributed by atoms with Gasteiger partial charge in [0.05, 0.1) is 0 Å². The van der Waals surface area contributed by atoms with Crippen molar-refractivity contribution in [2.75, 3.05) is 0 Å². The van der Waals surface area contributed by atoms with Crippen molar-refractivity contribution in [3.8, 4) is 0 Å². The van der Waals surface area contributed by atoms with Gasteiger partial charge in [0.1, 0.15) is 0 Å². The third-order valence-corrected chi connectivity index (χ3v) is 3.97. The van der Waals surface area contributed by atoms with Crippen LogP contribution in [0.15, 0.2) is 30.3 Å². The van der Waals surface area contributed by atoms with E-state index in [9.17, 15) is 0 Å². The standard InChI is InChI=1S/C16H19N/c1-12-15-10-6-5-9-14(15)11-16(17-12)13-7-3-2-4-8-13/h5-6,9-11,13H,2-4,7-8H2,1H3. The molecule has 1 aromatic heterocycles. The van der Waals surface area contributed by atoms with Gasteiger partial charge in [0.15, 0.2) is 0 Å². The second kappa shape index (κ2) is 4.48. The zero-order valence-electron chi connectivity index (χ0n) is 10.4. The second-order valence-electron chi connectivity index (χ2n) is 5.19. The van der Waals surface area contributed by atoms with E-state index in [0.29, 0.717) is 5.92 Å². The van der Waals surface area contributed by atoms with E-state index < -0.39 is 0 Å². The van der Waals surface area contributed by atoms with Gasteiger partial charge in [0, 0.05) is 22.7 Å². The van der Waals surface area contributed by atoms with Crippen molar-refractivity contribution in [2.24, 2.45) is 0 Å². The van der Waals surface area contributed by atoms with Gasteiger partial charge in [0.25, 0.3) is 0 Å². The zero-order chi connectivity index (χ0) is 11.7. The summed E-state index contributed by atoms with van der Waals surface area (Å²) < 4.78 is 0. The summed E-state index contributed by atoms with van der Waals surface area (Å²) in [5.74, 6) is 0.701. The number of hydrogen-bond donors (Lipinski definition) is 0. The molecule has 0 bridgehead atoms. The van der Waals surface area contributed by atoms with E-state index in [-0.39, 0.29) is 0 Å². The van der Waals surface area contributed by atoms with E-state index in [2.05, 4.69) is 37.3 Å². The highest BCUT2D eigenvalue weighted by Crippen LogP contribution is 2.33. The van der Waals surface area contributed by atoms with Gasteiger partial charge in [-0.05, 0) is 31.2 Å². The molecule has 1 heteroatoms. The van der Waals surface area contributed by atoms with E-state index >= 15 is 0 Å². The van der Waals surface area contributed by atoms with Crippen LogP contribution in [0.4, 0.5) is 0 Å². The summed E-state index contributed by atoms with van der Waals surface area (Å²) in [6.45, 7) is 2.13. The number of aryl methyl sites for hydroxylation is 1. The zero-order valence-corrected chi connectivity index (χ0v) is 10.4. The van der Waals surface area contributed by atoms with Gasteiger partial charge >= 0.3 is 0 Å². The van der Waals surface area contributed by atoms with Gasteiger partial charge in [-0.1, -0.05) is 43.5 Å². The van der Waals surface area contributed by atoms with E-state index in [1.54, 1.807) is 0 Å². The molecule has 1 saturated carbocycles. The molecule has 0 spiro atoms. The monoisotopic (exact) mass is 225 g/mol. The summed E-state index contributed by atoms with van der Waals surface area (Å²) in [5.41, 5.74) is 2.50. The third-order valence-electron chi connectivity index (χ3n) is 3.97. The highest BCUT2D eigenvalue weighted by atomic mass is 14.7. The van der Waals surface area contributed by atoms with Gasteiger partial charge in [-0.25, -0.2) is 0 Å². The lowest BCUT2D eigenvalue weighted by molar-refractivity contribution is 0.436. The maximum Gasteiger partial charge on any atom is 0.0454 e. The number of rotatable bonds is 1.